The van der Waals surface area contributed by atoms with Crippen LogP contribution in [0.25, 0.3) is 11.0 Å². The van der Waals surface area contributed by atoms with E-state index in [4.69, 9.17) is 9.15 Å². The van der Waals surface area contributed by atoms with Gasteiger partial charge < -0.3 is 9.15 Å². The molecule has 1 aliphatic rings. The number of pyridine rings is 1. The molecule has 0 spiro atoms. The Morgan fingerprint density at radius 2 is 1.96 bits per heavy atom. The maximum absolute atomic E-state index is 12.0. The molecule has 2 aromatic heterocycles. The zero-order chi connectivity index (χ0) is 16.8. The largest absolute Gasteiger partial charge is 0.454 e. The van der Waals surface area contributed by atoms with Gasteiger partial charge in [0.05, 0.1) is 6.20 Å². The minimum atomic E-state index is -0.278. The average Bonchev–Trinajstić information content (AvgIpc) is 2.61. The quantitative estimate of drug-likeness (QED) is 0.646. The predicted octanol–water partition coefficient (Wildman–Crippen LogP) is 2.89. The van der Waals surface area contributed by atoms with Crippen LogP contribution in [0.4, 0.5) is 5.82 Å². The first kappa shape index (κ1) is 14.8. The molecule has 0 saturated heterocycles. The number of aryl methyl sites for hydroxylation is 2. The summed E-state index contributed by atoms with van der Waals surface area (Å²) in [5.41, 5.74) is 3.96. The highest BCUT2D eigenvalue weighted by atomic mass is 16.5. The second-order valence-corrected chi connectivity index (χ2v) is 6.23. The number of anilines is 1. The van der Waals surface area contributed by atoms with Gasteiger partial charge in [-0.1, -0.05) is 6.07 Å². The van der Waals surface area contributed by atoms with Crippen LogP contribution in [0.5, 0.6) is 5.75 Å². The third-order valence-corrected chi connectivity index (χ3v) is 4.76. The van der Waals surface area contributed by atoms with Gasteiger partial charge in [0.25, 0.3) is 5.82 Å². The van der Waals surface area contributed by atoms with E-state index >= 15 is 0 Å². The number of aromatic nitrogens is 1. The SMILES string of the molecule is Cc1c(C)c2cc3c(c(C)c2oc1=O)OCN(c1cccc[nH+]1)C3. The van der Waals surface area contributed by atoms with E-state index in [1.165, 1.54) is 0 Å². The molecule has 0 aliphatic carbocycles. The van der Waals surface area contributed by atoms with E-state index in [0.717, 1.165) is 40.2 Å². The molecule has 0 unspecified atom stereocenters. The molecule has 5 heteroatoms. The molecule has 5 nitrogen and oxygen atoms in total. The van der Waals surface area contributed by atoms with Crippen molar-refractivity contribution in [1.82, 2.24) is 0 Å². The molecule has 1 aromatic carbocycles. The number of nitrogens with one attached hydrogen (secondary N) is 1. The van der Waals surface area contributed by atoms with E-state index in [1.54, 1.807) is 6.92 Å². The first-order valence-electron chi connectivity index (χ1n) is 7.97. The number of rotatable bonds is 1. The third kappa shape index (κ3) is 2.16. The van der Waals surface area contributed by atoms with Crippen molar-refractivity contribution in [2.75, 3.05) is 11.6 Å². The summed E-state index contributed by atoms with van der Waals surface area (Å²) in [7, 11) is 0. The molecule has 122 valence electrons. The average molecular weight is 323 g/mol. The summed E-state index contributed by atoms with van der Waals surface area (Å²) >= 11 is 0. The maximum Gasteiger partial charge on any atom is 0.339 e. The minimum Gasteiger partial charge on any atom is -0.454 e. The molecule has 1 N–H and O–H groups in total. The van der Waals surface area contributed by atoms with Gasteiger partial charge in [0.1, 0.15) is 17.9 Å². The van der Waals surface area contributed by atoms with Crippen LogP contribution in [-0.4, -0.2) is 6.73 Å². The summed E-state index contributed by atoms with van der Waals surface area (Å²) in [4.78, 5) is 17.4. The van der Waals surface area contributed by atoms with Crippen LogP contribution < -0.4 is 20.2 Å². The number of fused-ring (bicyclic) bond motifs is 2. The molecule has 4 rings (SSSR count). The van der Waals surface area contributed by atoms with Crippen molar-refractivity contribution < 1.29 is 14.1 Å². The van der Waals surface area contributed by atoms with Crippen LogP contribution in [0.3, 0.4) is 0 Å². The second kappa shape index (κ2) is 5.37. The lowest BCUT2D eigenvalue weighted by Crippen LogP contribution is -2.35. The molecule has 0 amide bonds. The van der Waals surface area contributed by atoms with E-state index in [-0.39, 0.29) is 5.63 Å². The van der Waals surface area contributed by atoms with Gasteiger partial charge in [-0.3, -0.25) is 0 Å². The molecule has 1 aliphatic heterocycles. The van der Waals surface area contributed by atoms with Crippen molar-refractivity contribution in [3.8, 4) is 5.75 Å². The molecule has 3 heterocycles. The molecule has 0 atom stereocenters. The van der Waals surface area contributed by atoms with Crippen molar-refractivity contribution in [2.45, 2.75) is 27.3 Å². The highest BCUT2D eigenvalue weighted by Gasteiger charge is 2.27. The summed E-state index contributed by atoms with van der Waals surface area (Å²) in [6.45, 7) is 6.91. The van der Waals surface area contributed by atoms with E-state index in [2.05, 4.69) is 16.0 Å². The zero-order valence-electron chi connectivity index (χ0n) is 14.0. The Morgan fingerprint density at radius 1 is 1.12 bits per heavy atom. The summed E-state index contributed by atoms with van der Waals surface area (Å²) in [5.74, 6) is 1.83. The number of ether oxygens (including phenoxy) is 1. The third-order valence-electron chi connectivity index (χ3n) is 4.76. The fourth-order valence-electron chi connectivity index (χ4n) is 3.23. The Balaban J connectivity index is 1.87. The van der Waals surface area contributed by atoms with Gasteiger partial charge in [-0.2, -0.15) is 0 Å². The minimum absolute atomic E-state index is 0.278. The number of aromatic amines is 1. The Labute approximate surface area is 139 Å². The molecule has 24 heavy (non-hydrogen) atoms. The van der Waals surface area contributed by atoms with Gasteiger partial charge >= 0.3 is 5.63 Å². The monoisotopic (exact) mass is 323 g/mol. The summed E-state index contributed by atoms with van der Waals surface area (Å²) in [6, 6.07) is 8.05. The van der Waals surface area contributed by atoms with E-state index in [0.29, 0.717) is 17.9 Å². The number of benzene rings is 1. The van der Waals surface area contributed by atoms with Crippen LogP contribution in [-0.2, 0) is 6.54 Å². The van der Waals surface area contributed by atoms with E-state index < -0.39 is 0 Å². The highest BCUT2D eigenvalue weighted by molar-refractivity contribution is 5.87. The number of hydrogen-bond acceptors (Lipinski definition) is 4. The number of nitrogens with zero attached hydrogens (tertiary/aromatic N) is 1. The summed E-state index contributed by atoms with van der Waals surface area (Å²) in [5, 5.41) is 0.978. The van der Waals surface area contributed by atoms with Crippen LogP contribution >= 0.6 is 0 Å². The van der Waals surface area contributed by atoms with Crippen molar-refractivity contribution in [2.24, 2.45) is 0 Å². The normalized spacial score (nSPS) is 13.7. The second-order valence-electron chi connectivity index (χ2n) is 6.23. The summed E-state index contributed by atoms with van der Waals surface area (Å²) in [6.07, 6.45) is 1.90. The number of H-pyrrole nitrogens is 1. The van der Waals surface area contributed by atoms with Gasteiger partial charge in [0.15, 0.2) is 0 Å². The van der Waals surface area contributed by atoms with Gasteiger partial charge in [-0.15, -0.1) is 0 Å². The molecular weight excluding hydrogens is 304 g/mol. The van der Waals surface area contributed by atoms with Crippen molar-refractivity contribution in [1.29, 1.82) is 0 Å². The zero-order valence-corrected chi connectivity index (χ0v) is 14.0. The molecule has 3 aromatic rings. The van der Waals surface area contributed by atoms with Crippen LogP contribution in [0.1, 0.15) is 22.3 Å². The smallest absolute Gasteiger partial charge is 0.339 e. The first-order chi connectivity index (χ1) is 11.6. The Hall–Kier alpha value is -2.82. The lowest BCUT2D eigenvalue weighted by Gasteiger charge is -2.26. The van der Waals surface area contributed by atoms with Crippen LogP contribution in [0, 0.1) is 20.8 Å². The molecule has 0 bridgehead atoms. The lowest BCUT2D eigenvalue weighted by molar-refractivity contribution is -0.364. The van der Waals surface area contributed by atoms with Crippen molar-refractivity contribution in [3.63, 3.8) is 0 Å². The van der Waals surface area contributed by atoms with Crippen LogP contribution in [0.2, 0.25) is 0 Å². The van der Waals surface area contributed by atoms with Gasteiger partial charge in [0.2, 0.25) is 6.73 Å². The van der Waals surface area contributed by atoms with Crippen molar-refractivity contribution in [3.05, 3.63) is 63.1 Å². The Bertz CT molecular complexity index is 993. The van der Waals surface area contributed by atoms with Crippen molar-refractivity contribution >= 4 is 16.8 Å². The predicted molar refractivity (Wildman–Crippen MR) is 91.4 cm³/mol. The Kier molecular flexibility index (Phi) is 3.30. The Morgan fingerprint density at radius 3 is 2.71 bits per heavy atom. The first-order valence-corrected chi connectivity index (χ1v) is 7.97. The highest BCUT2D eigenvalue weighted by Crippen LogP contribution is 2.36. The van der Waals surface area contributed by atoms with E-state index in [9.17, 15) is 4.79 Å². The fourth-order valence-corrected chi connectivity index (χ4v) is 3.23. The lowest BCUT2D eigenvalue weighted by atomic mass is 9.99. The molecular formula is C19H19N2O3+. The standard InChI is InChI=1S/C19H18N2O3/c1-11-12(2)19(22)24-18-13(3)17-14(8-15(11)18)9-21(10-23-17)16-6-4-5-7-20-16/h4-8H,9-10H2,1-3H3/p+1. The van der Waals surface area contributed by atoms with Gasteiger partial charge in [-0.25, -0.2) is 14.7 Å². The topological polar surface area (TPSA) is 56.8 Å². The van der Waals surface area contributed by atoms with E-state index in [1.807, 2.05) is 38.2 Å². The fraction of sp³-hybridized carbons (Fsp3) is 0.263. The van der Waals surface area contributed by atoms with Gasteiger partial charge in [-0.05, 0) is 38.5 Å². The molecule has 0 saturated carbocycles. The maximum atomic E-state index is 12.0. The molecule has 0 fully saturated rings. The molecule has 0 radical (unpaired) electrons. The number of hydrogen-bond donors (Lipinski definition) is 0. The van der Waals surface area contributed by atoms with Crippen LogP contribution in [0.15, 0.2) is 39.7 Å². The van der Waals surface area contributed by atoms with Gasteiger partial charge in [0, 0.05) is 28.1 Å². The summed E-state index contributed by atoms with van der Waals surface area (Å²) < 4.78 is 11.5.